The van der Waals surface area contributed by atoms with Gasteiger partial charge in [-0.25, -0.2) is 4.79 Å². The van der Waals surface area contributed by atoms with E-state index in [9.17, 15) is 4.79 Å². The van der Waals surface area contributed by atoms with Crippen molar-refractivity contribution in [2.45, 2.75) is 0 Å². The van der Waals surface area contributed by atoms with Crippen LogP contribution in [0.25, 0.3) is 0 Å². The van der Waals surface area contributed by atoms with Crippen molar-refractivity contribution in [1.29, 1.82) is 0 Å². The molecule has 3 N–H and O–H groups in total. The van der Waals surface area contributed by atoms with Gasteiger partial charge in [0.25, 0.3) is 0 Å². The monoisotopic (exact) mass is 227 g/mol. The summed E-state index contributed by atoms with van der Waals surface area (Å²) in [5.41, 5.74) is 4.88. The van der Waals surface area contributed by atoms with E-state index in [2.05, 4.69) is 4.52 Å². The zero-order chi connectivity index (χ0) is 11.1. The Balaban J connectivity index is 2.37. The molecule has 15 heavy (non-hydrogen) atoms. The van der Waals surface area contributed by atoms with E-state index in [1.54, 1.807) is 24.3 Å². The molecule has 0 bridgehead atoms. The van der Waals surface area contributed by atoms with Crippen LogP contribution in [0.1, 0.15) is 0 Å². The Morgan fingerprint density at radius 2 is 2.07 bits per heavy atom. The van der Waals surface area contributed by atoms with E-state index in [4.69, 9.17) is 15.1 Å². The van der Waals surface area contributed by atoms with Gasteiger partial charge in [0.15, 0.2) is 0 Å². The second-order valence-corrected chi connectivity index (χ2v) is 3.23. The van der Waals surface area contributed by atoms with Crippen molar-refractivity contribution in [3.63, 3.8) is 0 Å². The van der Waals surface area contributed by atoms with E-state index in [0.29, 0.717) is 5.75 Å². The molecule has 0 saturated heterocycles. The van der Waals surface area contributed by atoms with Crippen LogP contribution in [0.15, 0.2) is 42.7 Å². The Bertz CT molecular complexity index is 339. The normalized spacial score (nSPS) is 12.4. The van der Waals surface area contributed by atoms with Crippen molar-refractivity contribution in [3.05, 3.63) is 42.7 Å². The minimum Gasteiger partial charge on any atom is -0.465 e. The summed E-state index contributed by atoms with van der Waals surface area (Å²) in [6.45, 7) is 0. The predicted molar refractivity (Wildman–Crippen MR) is 55.6 cm³/mol. The van der Waals surface area contributed by atoms with Gasteiger partial charge in [-0.05, 0) is 12.1 Å². The molecule has 0 aromatic heterocycles. The molecule has 0 heterocycles. The molecule has 1 unspecified atom stereocenters. The molecule has 0 fully saturated rings. The quantitative estimate of drug-likeness (QED) is 0.460. The first kappa shape index (κ1) is 11.7. The Hall–Kier alpha value is -1.42. The Labute approximate surface area is 88.1 Å². The third kappa shape index (κ3) is 5.12. The van der Waals surface area contributed by atoms with Crippen LogP contribution in [0.4, 0.5) is 0 Å². The van der Waals surface area contributed by atoms with Crippen LogP contribution in [0, 0.1) is 0 Å². The molecular formula is C9H10NO4P. The highest BCUT2D eigenvalue weighted by atomic mass is 31.2. The average Bonchev–Trinajstić information content (AvgIpc) is 2.18. The van der Waals surface area contributed by atoms with Gasteiger partial charge in [-0.15, -0.1) is 0 Å². The van der Waals surface area contributed by atoms with Gasteiger partial charge < -0.3 is 14.2 Å². The maximum absolute atomic E-state index is 10.8. The Kier molecular flexibility index (Phi) is 4.77. The fourth-order valence-corrected chi connectivity index (χ4v) is 1.04. The van der Waals surface area contributed by atoms with E-state index in [1.807, 2.05) is 6.07 Å². The Morgan fingerprint density at radius 3 is 2.67 bits per heavy atom. The maximum Gasteiger partial charge on any atom is 0.339 e. The summed E-state index contributed by atoms with van der Waals surface area (Å²) in [7, 11) is -2.17. The molecule has 0 amide bonds. The molecule has 0 aliphatic heterocycles. The number of nitrogens with two attached hydrogens (primary N) is 1. The Morgan fingerprint density at radius 1 is 1.40 bits per heavy atom. The van der Waals surface area contributed by atoms with Crippen LogP contribution in [-0.4, -0.2) is 10.9 Å². The largest absolute Gasteiger partial charge is 0.465 e. The molecular weight excluding hydrogens is 217 g/mol. The topological polar surface area (TPSA) is 81.8 Å². The van der Waals surface area contributed by atoms with Gasteiger partial charge in [0.1, 0.15) is 5.75 Å². The summed E-state index contributed by atoms with van der Waals surface area (Å²) in [5, 5.41) is 0. The molecule has 0 saturated carbocycles. The molecule has 0 radical (unpaired) electrons. The summed E-state index contributed by atoms with van der Waals surface area (Å²) in [6.07, 6.45) is 2.20. The molecule has 0 aliphatic rings. The van der Waals surface area contributed by atoms with E-state index in [-0.39, 0.29) is 0 Å². The van der Waals surface area contributed by atoms with Gasteiger partial charge in [0, 0.05) is 0 Å². The number of rotatable bonds is 4. The van der Waals surface area contributed by atoms with Crippen molar-refractivity contribution in [2.24, 2.45) is 5.50 Å². The highest BCUT2D eigenvalue weighted by molar-refractivity contribution is 7.44. The van der Waals surface area contributed by atoms with Crippen molar-refractivity contribution in [3.8, 4) is 5.75 Å². The van der Waals surface area contributed by atoms with Gasteiger partial charge in [-0.2, -0.15) is 0 Å². The second kappa shape index (κ2) is 6.14. The summed E-state index contributed by atoms with van der Waals surface area (Å²) in [6, 6.07) is 8.91. The SMILES string of the molecule is NP(O)OC(=O)C=COc1ccccc1. The lowest BCUT2D eigenvalue weighted by Gasteiger charge is -2.01. The highest BCUT2D eigenvalue weighted by Crippen LogP contribution is 2.19. The maximum atomic E-state index is 10.8. The first-order chi connectivity index (χ1) is 7.18. The lowest BCUT2D eigenvalue weighted by molar-refractivity contribution is -0.128. The average molecular weight is 227 g/mol. The number of hydrogen-bond donors (Lipinski definition) is 2. The molecule has 5 nitrogen and oxygen atoms in total. The van der Waals surface area contributed by atoms with Gasteiger partial charge in [0.05, 0.1) is 12.3 Å². The second-order valence-electron chi connectivity index (χ2n) is 2.45. The summed E-state index contributed by atoms with van der Waals surface area (Å²) < 4.78 is 9.34. The van der Waals surface area contributed by atoms with E-state index >= 15 is 0 Å². The third-order valence-corrected chi connectivity index (χ3v) is 1.70. The molecule has 1 aromatic rings. The molecule has 1 atom stereocenters. The van der Waals surface area contributed by atoms with Gasteiger partial charge >= 0.3 is 14.5 Å². The minimum atomic E-state index is -2.17. The van der Waals surface area contributed by atoms with Crippen molar-refractivity contribution >= 4 is 14.5 Å². The summed E-state index contributed by atoms with van der Waals surface area (Å²) >= 11 is 0. The lowest BCUT2D eigenvalue weighted by Crippen LogP contribution is -2.00. The highest BCUT2D eigenvalue weighted by Gasteiger charge is 2.02. The van der Waals surface area contributed by atoms with Crippen LogP contribution >= 0.6 is 8.53 Å². The van der Waals surface area contributed by atoms with Crippen LogP contribution in [0.5, 0.6) is 5.75 Å². The third-order valence-electron chi connectivity index (χ3n) is 1.33. The first-order valence-electron chi connectivity index (χ1n) is 4.02. The van der Waals surface area contributed by atoms with Crippen LogP contribution in [0.3, 0.4) is 0 Å². The smallest absolute Gasteiger partial charge is 0.339 e. The molecule has 1 aromatic carbocycles. The zero-order valence-corrected chi connectivity index (χ0v) is 8.63. The number of hydrogen-bond acceptors (Lipinski definition) is 5. The van der Waals surface area contributed by atoms with Crippen LogP contribution in [-0.2, 0) is 9.32 Å². The number of para-hydroxylation sites is 1. The van der Waals surface area contributed by atoms with Gasteiger partial charge in [0.2, 0.25) is 0 Å². The number of carbonyl (C=O) groups excluding carboxylic acids is 1. The van der Waals surface area contributed by atoms with Gasteiger partial charge in [-0.1, -0.05) is 18.2 Å². The van der Waals surface area contributed by atoms with Crippen molar-refractivity contribution in [1.82, 2.24) is 0 Å². The van der Waals surface area contributed by atoms with Gasteiger partial charge in [-0.3, -0.25) is 5.50 Å². The van der Waals surface area contributed by atoms with E-state index in [1.165, 1.54) is 0 Å². The summed E-state index contributed by atoms with van der Waals surface area (Å²) in [4.78, 5) is 19.4. The fraction of sp³-hybridized carbons (Fsp3) is 0. The minimum absolute atomic E-state index is 0.598. The number of ether oxygens (including phenoxy) is 1. The molecule has 80 valence electrons. The standard InChI is InChI=1S/C9H10NO4P/c10-15(12)14-9(11)6-7-13-8-4-2-1-3-5-8/h1-7,12H,10H2. The zero-order valence-electron chi connectivity index (χ0n) is 7.74. The summed E-state index contributed by atoms with van der Waals surface area (Å²) in [5.74, 6) is -0.150. The van der Waals surface area contributed by atoms with Crippen molar-refractivity contribution in [2.75, 3.05) is 0 Å². The predicted octanol–water partition coefficient (Wildman–Crippen LogP) is 1.30. The fourth-order valence-electron chi connectivity index (χ4n) is 0.790. The van der Waals surface area contributed by atoms with Crippen molar-refractivity contribution < 1.29 is 18.9 Å². The number of benzene rings is 1. The lowest BCUT2D eigenvalue weighted by atomic mass is 10.3. The molecule has 1 rings (SSSR count). The van der Waals surface area contributed by atoms with E-state index in [0.717, 1.165) is 12.3 Å². The van der Waals surface area contributed by atoms with Crippen LogP contribution in [0.2, 0.25) is 0 Å². The molecule has 6 heteroatoms. The molecule has 0 spiro atoms. The number of carbonyl (C=O) groups is 1. The first-order valence-corrected chi connectivity index (χ1v) is 5.30. The van der Waals surface area contributed by atoms with Crippen LogP contribution < -0.4 is 10.2 Å². The van der Waals surface area contributed by atoms with E-state index < -0.39 is 14.5 Å². The molecule has 0 aliphatic carbocycles.